The van der Waals surface area contributed by atoms with E-state index in [-0.39, 0.29) is 8.41 Å². The SMILES string of the molecule is C=Cc1ccc(-n2c3ccccc3c3ccccc32)cc1.C=Cn1c2ccccc2c2ccccc21.CCC(C)c1ccc(-n2c3ccccc3c3ccccc32)cc1.CCC(C)n1c2ccccc2c2ccccc21.[B].[NH]=[Al]. The molecule has 2 unspecified atom stereocenters. The average Bonchev–Trinajstić information content (AvgIpc) is 4.44. The second-order valence-electron chi connectivity index (χ2n) is 19.7. The van der Waals surface area contributed by atoms with Gasteiger partial charge in [0.25, 0.3) is 0 Å². The van der Waals surface area contributed by atoms with Crippen LogP contribution >= 0.6 is 0 Å². The molecule has 0 aliphatic carbocycles. The van der Waals surface area contributed by atoms with Crippen LogP contribution in [0.2, 0.25) is 0 Å². The van der Waals surface area contributed by atoms with Crippen molar-refractivity contribution in [1.82, 2.24) is 18.3 Å². The predicted octanol–water partition coefficient (Wildman–Crippen LogP) is 19.9. The quantitative estimate of drug-likeness (QED) is 0.147. The third kappa shape index (κ3) is 10.7. The summed E-state index contributed by atoms with van der Waals surface area (Å²) in [4.78, 5) is 0. The Hall–Kier alpha value is -8.72. The van der Waals surface area contributed by atoms with Crippen molar-refractivity contribution in [1.29, 1.82) is 4.35 Å². The van der Waals surface area contributed by atoms with Gasteiger partial charge in [0.1, 0.15) is 0 Å². The van der Waals surface area contributed by atoms with E-state index >= 15 is 0 Å². The van der Waals surface area contributed by atoms with Crippen LogP contribution in [0.25, 0.3) is 111 Å². The summed E-state index contributed by atoms with van der Waals surface area (Å²) >= 11 is 1.67. The molecule has 4 aromatic heterocycles. The zero-order chi connectivity index (χ0) is 54.1. The molecule has 14 aromatic rings. The van der Waals surface area contributed by atoms with Crippen molar-refractivity contribution in [2.75, 3.05) is 0 Å². The first-order valence-electron chi connectivity index (χ1n) is 27.1. The number of aromatic nitrogens is 4. The Labute approximate surface area is 474 Å². The summed E-state index contributed by atoms with van der Waals surface area (Å²) in [6, 6.07) is 86.7. The topological polar surface area (TPSA) is 43.6 Å². The number of hydrogen-bond donors (Lipinski definition) is 1. The molecule has 14 rings (SSSR count). The number of benzene rings is 10. The van der Waals surface area contributed by atoms with Gasteiger partial charge in [-0.05, 0) is 110 Å². The average molecular weight is 1040 g/mol. The van der Waals surface area contributed by atoms with E-state index in [0.717, 1.165) is 12.0 Å². The Morgan fingerprint density at radius 1 is 0.380 bits per heavy atom. The van der Waals surface area contributed by atoms with E-state index in [1.165, 1.54) is 111 Å². The van der Waals surface area contributed by atoms with Crippen LogP contribution in [0.3, 0.4) is 0 Å². The van der Waals surface area contributed by atoms with Crippen molar-refractivity contribution in [3.8, 4) is 11.4 Å². The standard InChI is InChI=1S/C22H21N.C20H15N.C16H17N.C14H11N.Al.B.HN/c1-3-16(2)17-12-14-18(15-13-17)23-21-10-6-4-8-19(21)20-9-5-7-11-22(20)23;1-2-15-11-13-16(14-12-15)21-19-9-5-3-7-17(19)18-8-4-6-10-20(18)21;1-3-12(2)17-15-10-6-4-8-13(15)14-9-5-7-11-16(14)17;1-2-15-13-9-5-3-7-11(13)12-8-4-6-10-14(12)15;;;/h4-16H,3H2,1-2H3;2-14H,1H2;4-12H,3H2,1-2H3;2-10H,1H2;;;1H. The van der Waals surface area contributed by atoms with E-state index in [1.54, 1.807) is 16.1 Å². The van der Waals surface area contributed by atoms with E-state index in [2.05, 4.69) is 302 Å². The van der Waals surface area contributed by atoms with Crippen molar-refractivity contribution < 1.29 is 0 Å². The van der Waals surface area contributed by atoms with E-state index in [1.807, 2.05) is 12.3 Å². The molecule has 5 nitrogen and oxygen atoms in total. The van der Waals surface area contributed by atoms with Crippen molar-refractivity contribution in [3.05, 3.63) is 267 Å². The summed E-state index contributed by atoms with van der Waals surface area (Å²) in [6.45, 7) is 16.7. The summed E-state index contributed by atoms with van der Waals surface area (Å²) in [5.41, 5.74) is 15.1. The van der Waals surface area contributed by atoms with Gasteiger partial charge in [-0.2, -0.15) is 0 Å². The van der Waals surface area contributed by atoms with Crippen LogP contribution in [0.15, 0.2) is 256 Å². The molecule has 384 valence electrons. The second kappa shape index (κ2) is 25.2. The van der Waals surface area contributed by atoms with Gasteiger partial charge < -0.3 is 18.3 Å². The van der Waals surface area contributed by atoms with Crippen LogP contribution in [0.5, 0.6) is 0 Å². The number of nitrogens with zero attached hydrogens (tertiary/aromatic N) is 4. The number of rotatable bonds is 8. The first kappa shape index (κ1) is 55.0. The first-order valence-corrected chi connectivity index (χ1v) is 27.7. The van der Waals surface area contributed by atoms with Gasteiger partial charge in [-0.3, -0.25) is 0 Å². The van der Waals surface area contributed by atoms with Crippen LogP contribution in [-0.4, -0.2) is 42.8 Å². The van der Waals surface area contributed by atoms with Crippen molar-refractivity contribution in [2.24, 2.45) is 0 Å². The second-order valence-corrected chi connectivity index (χ2v) is 19.7. The number of fused-ring (bicyclic) bond motifs is 12. The Morgan fingerprint density at radius 2 is 0.658 bits per heavy atom. The van der Waals surface area contributed by atoms with Gasteiger partial charge in [0.15, 0.2) is 0 Å². The molecule has 2 atom stereocenters. The third-order valence-corrected chi connectivity index (χ3v) is 15.3. The Morgan fingerprint density at radius 3 is 0.962 bits per heavy atom. The minimum absolute atomic E-state index is 0. The van der Waals surface area contributed by atoms with Gasteiger partial charge in [0, 0.05) is 86.2 Å². The van der Waals surface area contributed by atoms with Gasteiger partial charge in [-0.25, -0.2) is 0 Å². The van der Waals surface area contributed by atoms with Crippen molar-refractivity contribution in [2.45, 2.75) is 52.5 Å². The van der Waals surface area contributed by atoms with Gasteiger partial charge in [-0.15, -0.1) is 0 Å². The van der Waals surface area contributed by atoms with Crippen LogP contribution in [-0.2, 0) is 0 Å². The third-order valence-electron chi connectivity index (χ3n) is 15.3. The maximum absolute atomic E-state index is 5.67. The Bertz CT molecular complexity index is 4150. The zero-order valence-electron chi connectivity index (χ0n) is 45.7. The van der Waals surface area contributed by atoms with Gasteiger partial charge in [-0.1, -0.05) is 210 Å². The molecule has 0 fully saturated rings. The molecule has 0 saturated heterocycles. The molecule has 79 heavy (non-hydrogen) atoms. The number of para-hydroxylation sites is 8. The monoisotopic (exact) mass is 1040 g/mol. The molecule has 0 amide bonds. The molecule has 10 aromatic carbocycles. The van der Waals surface area contributed by atoms with Gasteiger partial charge in [0.2, 0.25) is 0 Å². The van der Waals surface area contributed by atoms with E-state index in [9.17, 15) is 0 Å². The summed E-state index contributed by atoms with van der Waals surface area (Å²) in [7, 11) is 0. The summed E-state index contributed by atoms with van der Waals surface area (Å²) in [5.74, 6) is 0.613. The fraction of sp³-hybridized carbons (Fsp3) is 0.111. The zero-order valence-corrected chi connectivity index (χ0v) is 46.8. The molecule has 0 bridgehead atoms. The number of hydrogen-bond acceptors (Lipinski definition) is 1. The summed E-state index contributed by atoms with van der Waals surface area (Å²) in [5, 5.41) is 10.5. The molecular formula is C72H65AlBN5. The fourth-order valence-corrected chi connectivity index (χ4v) is 11.1. The normalized spacial score (nSPS) is 11.6. The molecule has 7 heteroatoms. The predicted molar refractivity (Wildman–Crippen MR) is 345 cm³/mol. The first-order chi connectivity index (χ1) is 38.4. The minimum atomic E-state index is 0. The Kier molecular flexibility index (Phi) is 17.5. The molecule has 0 spiro atoms. The molecule has 0 saturated carbocycles. The Balaban J connectivity index is 0.000000127. The van der Waals surface area contributed by atoms with E-state index in [4.69, 9.17) is 4.35 Å². The maximum atomic E-state index is 5.67. The van der Waals surface area contributed by atoms with Crippen LogP contribution in [0.1, 0.15) is 63.6 Å². The summed E-state index contributed by atoms with van der Waals surface area (Å²) in [6.07, 6.45) is 6.07. The van der Waals surface area contributed by atoms with E-state index in [0.29, 0.717) is 12.0 Å². The number of nitrogens with one attached hydrogen (secondary N) is 1. The fourth-order valence-electron chi connectivity index (χ4n) is 11.1. The molecule has 4 radical (unpaired) electrons. The molecule has 4 heterocycles. The molecule has 0 aliphatic rings. The van der Waals surface area contributed by atoms with Crippen LogP contribution in [0, 0.1) is 4.35 Å². The molecule has 0 aliphatic heterocycles. The molecule has 1 N–H and O–H groups in total. The van der Waals surface area contributed by atoms with Crippen LogP contribution < -0.4 is 0 Å². The van der Waals surface area contributed by atoms with Crippen molar-refractivity contribution >= 4 is 124 Å². The van der Waals surface area contributed by atoms with Gasteiger partial charge in [0.05, 0.1) is 33.1 Å². The van der Waals surface area contributed by atoms with Crippen molar-refractivity contribution in [3.63, 3.8) is 0 Å². The van der Waals surface area contributed by atoms with Crippen LogP contribution in [0.4, 0.5) is 0 Å². The molecular weight excluding hydrogens is 973 g/mol. The summed E-state index contributed by atoms with van der Waals surface area (Å²) < 4.78 is 14.9. The van der Waals surface area contributed by atoms with Gasteiger partial charge >= 0.3 is 20.4 Å². The van der Waals surface area contributed by atoms with E-state index < -0.39 is 0 Å².